The van der Waals surface area contributed by atoms with Gasteiger partial charge in [0.25, 0.3) is 5.91 Å². The molecule has 0 spiro atoms. The molecule has 27 heavy (non-hydrogen) atoms. The Bertz CT molecular complexity index is 738. The van der Waals surface area contributed by atoms with Gasteiger partial charge in [0.05, 0.1) is 0 Å². The largest absolute Gasteiger partial charge is 0.352 e. The third-order valence-corrected chi connectivity index (χ3v) is 5.57. The van der Waals surface area contributed by atoms with Gasteiger partial charge in [0.15, 0.2) is 0 Å². The van der Waals surface area contributed by atoms with E-state index in [0.29, 0.717) is 6.54 Å². The molecule has 1 fully saturated rings. The first-order valence-electron chi connectivity index (χ1n) is 10.1. The average molecular weight is 366 g/mol. The number of likely N-dealkylation sites (N-methyl/N-ethyl adjacent to an activating group) is 1. The van der Waals surface area contributed by atoms with E-state index in [1.807, 2.05) is 37.4 Å². The Morgan fingerprint density at radius 1 is 1.15 bits per heavy atom. The average Bonchev–Trinajstić information content (AvgIpc) is 2.69. The number of carbonyl (C=O) groups is 1. The van der Waals surface area contributed by atoms with E-state index >= 15 is 0 Å². The number of carbonyl (C=O) groups excluding carboxylic acids is 1. The van der Waals surface area contributed by atoms with Gasteiger partial charge in [0, 0.05) is 42.5 Å². The van der Waals surface area contributed by atoms with E-state index in [-0.39, 0.29) is 11.3 Å². The highest BCUT2D eigenvalue weighted by molar-refractivity contribution is 5.94. The smallest absolute Gasteiger partial charge is 0.251 e. The lowest BCUT2D eigenvalue weighted by Crippen LogP contribution is -2.41. The van der Waals surface area contributed by atoms with E-state index in [1.165, 1.54) is 43.4 Å². The van der Waals surface area contributed by atoms with Crippen molar-refractivity contribution in [2.75, 3.05) is 20.1 Å². The van der Waals surface area contributed by atoms with E-state index in [4.69, 9.17) is 4.98 Å². The molecule has 1 heterocycles. The molecule has 1 N–H and O–H groups in total. The lowest BCUT2D eigenvalue weighted by atomic mass is 9.71. The van der Waals surface area contributed by atoms with Crippen LogP contribution in [0.4, 0.5) is 0 Å². The van der Waals surface area contributed by atoms with Crippen molar-refractivity contribution in [2.24, 2.45) is 0 Å². The Labute approximate surface area is 163 Å². The first-order valence-corrected chi connectivity index (χ1v) is 10.1. The van der Waals surface area contributed by atoms with Gasteiger partial charge in [0.1, 0.15) is 0 Å². The second-order valence-electron chi connectivity index (χ2n) is 7.79. The van der Waals surface area contributed by atoms with Crippen LogP contribution in [0.25, 0.3) is 0 Å². The van der Waals surface area contributed by atoms with Crippen LogP contribution < -0.4 is 5.32 Å². The first-order chi connectivity index (χ1) is 13.1. The van der Waals surface area contributed by atoms with Crippen LogP contribution in [0.15, 0.2) is 48.7 Å². The number of nitrogens with one attached hydrogen (secondary N) is 1. The molecular formula is C23H31N3O. The van der Waals surface area contributed by atoms with Crippen LogP contribution in [-0.4, -0.2) is 35.9 Å². The normalized spacial score (nSPS) is 16.3. The van der Waals surface area contributed by atoms with Crippen molar-refractivity contribution in [2.45, 2.75) is 51.0 Å². The molecule has 1 aromatic heterocycles. The minimum atomic E-state index is -0.000704. The quantitative estimate of drug-likeness (QED) is 0.801. The second-order valence-corrected chi connectivity index (χ2v) is 7.79. The molecule has 4 heteroatoms. The number of amides is 1. The highest BCUT2D eigenvalue weighted by atomic mass is 16.1. The number of nitrogens with zero attached hydrogens (tertiary/aromatic N) is 2. The maximum atomic E-state index is 12.1. The van der Waals surface area contributed by atoms with Crippen LogP contribution in [0.1, 0.15) is 60.6 Å². The van der Waals surface area contributed by atoms with Crippen LogP contribution in [-0.2, 0) is 12.0 Å². The fraction of sp³-hybridized carbons (Fsp3) is 0.478. The molecule has 0 unspecified atom stereocenters. The third-order valence-electron chi connectivity index (χ3n) is 5.57. The number of aromatic nitrogens is 1. The molecule has 3 rings (SSSR count). The van der Waals surface area contributed by atoms with Crippen molar-refractivity contribution in [1.29, 1.82) is 0 Å². The van der Waals surface area contributed by atoms with Gasteiger partial charge in [-0.1, -0.05) is 37.5 Å². The van der Waals surface area contributed by atoms with Crippen molar-refractivity contribution in [1.82, 2.24) is 15.2 Å². The summed E-state index contributed by atoms with van der Waals surface area (Å²) in [6.07, 6.45) is 8.20. The number of pyridine rings is 1. The standard InChI is InChI=1S/C23H31N3O/c1-3-24-22(27)20-11-9-10-19(16-20)17-26(2)18-23(13-6-4-7-14-23)21-12-5-8-15-25-21/h5,8-12,15-16H,3-4,6-7,13-14,17-18H2,1-2H3,(H,24,27). The van der Waals surface area contributed by atoms with Crippen molar-refractivity contribution < 1.29 is 4.79 Å². The second kappa shape index (κ2) is 9.14. The van der Waals surface area contributed by atoms with E-state index in [9.17, 15) is 4.79 Å². The van der Waals surface area contributed by atoms with Gasteiger partial charge < -0.3 is 10.2 Å². The molecule has 0 aliphatic heterocycles. The molecular weight excluding hydrogens is 334 g/mol. The summed E-state index contributed by atoms with van der Waals surface area (Å²) in [5, 5.41) is 2.87. The van der Waals surface area contributed by atoms with Crippen molar-refractivity contribution in [3.8, 4) is 0 Å². The topological polar surface area (TPSA) is 45.2 Å². The SMILES string of the molecule is CCNC(=O)c1cccc(CN(C)CC2(c3ccccn3)CCCCC2)c1. The molecule has 1 aliphatic rings. The minimum Gasteiger partial charge on any atom is -0.352 e. The Hall–Kier alpha value is -2.20. The van der Waals surface area contributed by atoms with Crippen LogP contribution in [0.3, 0.4) is 0 Å². The highest BCUT2D eigenvalue weighted by Crippen LogP contribution is 2.39. The summed E-state index contributed by atoms with van der Waals surface area (Å²) in [5.74, 6) is -0.000704. The van der Waals surface area contributed by atoms with Gasteiger partial charge in [0.2, 0.25) is 0 Å². The molecule has 0 saturated heterocycles. The van der Waals surface area contributed by atoms with Gasteiger partial charge in [-0.05, 0) is 56.6 Å². The van der Waals surface area contributed by atoms with Crippen LogP contribution in [0.5, 0.6) is 0 Å². The Balaban J connectivity index is 1.72. The maximum absolute atomic E-state index is 12.1. The Morgan fingerprint density at radius 3 is 2.67 bits per heavy atom. The van der Waals surface area contributed by atoms with Gasteiger partial charge in [-0.3, -0.25) is 9.78 Å². The predicted octanol–water partition coefficient (Wildman–Crippen LogP) is 4.17. The zero-order chi connectivity index (χ0) is 19.1. The van der Waals surface area contributed by atoms with E-state index in [1.54, 1.807) is 0 Å². The lowest BCUT2D eigenvalue weighted by molar-refractivity contribution is 0.0955. The summed E-state index contributed by atoms with van der Waals surface area (Å²) in [7, 11) is 2.18. The van der Waals surface area contributed by atoms with Crippen LogP contribution >= 0.6 is 0 Å². The molecule has 2 aromatic rings. The lowest BCUT2D eigenvalue weighted by Gasteiger charge is -2.40. The van der Waals surface area contributed by atoms with Gasteiger partial charge in [-0.15, -0.1) is 0 Å². The first kappa shape index (κ1) is 19.6. The summed E-state index contributed by atoms with van der Waals surface area (Å²) in [4.78, 5) is 19.2. The van der Waals surface area contributed by atoms with Gasteiger partial charge in [-0.25, -0.2) is 0 Å². The molecule has 0 atom stereocenters. The van der Waals surface area contributed by atoms with Crippen molar-refractivity contribution >= 4 is 5.91 Å². The van der Waals surface area contributed by atoms with Crippen molar-refractivity contribution in [3.05, 3.63) is 65.5 Å². The number of hydrogen-bond donors (Lipinski definition) is 1. The van der Waals surface area contributed by atoms with E-state index in [2.05, 4.69) is 35.5 Å². The third kappa shape index (κ3) is 4.95. The summed E-state index contributed by atoms with van der Waals surface area (Å²) >= 11 is 0. The highest BCUT2D eigenvalue weighted by Gasteiger charge is 2.36. The molecule has 144 valence electrons. The Kier molecular flexibility index (Phi) is 6.62. The summed E-state index contributed by atoms with van der Waals surface area (Å²) in [5.41, 5.74) is 3.28. The fourth-order valence-electron chi connectivity index (χ4n) is 4.36. The zero-order valence-electron chi connectivity index (χ0n) is 16.6. The van der Waals surface area contributed by atoms with Crippen LogP contribution in [0.2, 0.25) is 0 Å². The van der Waals surface area contributed by atoms with E-state index in [0.717, 1.165) is 18.7 Å². The molecule has 1 amide bonds. The van der Waals surface area contributed by atoms with Gasteiger partial charge in [-0.2, -0.15) is 0 Å². The summed E-state index contributed by atoms with van der Waals surface area (Å²) in [6.45, 7) is 4.42. The minimum absolute atomic E-state index is 0.000704. The molecule has 0 bridgehead atoms. The maximum Gasteiger partial charge on any atom is 0.251 e. The number of benzene rings is 1. The number of hydrogen-bond acceptors (Lipinski definition) is 3. The Morgan fingerprint density at radius 2 is 1.96 bits per heavy atom. The predicted molar refractivity (Wildman–Crippen MR) is 110 cm³/mol. The van der Waals surface area contributed by atoms with E-state index < -0.39 is 0 Å². The van der Waals surface area contributed by atoms with Gasteiger partial charge >= 0.3 is 0 Å². The zero-order valence-corrected chi connectivity index (χ0v) is 16.6. The summed E-state index contributed by atoms with van der Waals surface area (Å²) < 4.78 is 0. The molecule has 1 aromatic carbocycles. The molecule has 1 saturated carbocycles. The molecule has 0 radical (unpaired) electrons. The fourth-order valence-corrected chi connectivity index (χ4v) is 4.36. The molecule has 4 nitrogen and oxygen atoms in total. The number of rotatable bonds is 7. The monoisotopic (exact) mass is 365 g/mol. The van der Waals surface area contributed by atoms with Crippen molar-refractivity contribution in [3.63, 3.8) is 0 Å². The molecule has 1 aliphatic carbocycles. The summed E-state index contributed by atoms with van der Waals surface area (Å²) in [6, 6.07) is 14.3. The van der Waals surface area contributed by atoms with Crippen LogP contribution in [0, 0.1) is 0 Å².